The van der Waals surface area contributed by atoms with Gasteiger partial charge in [0, 0.05) is 37.2 Å². The summed E-state index contributed by atoms with van der Waals surface area (Å²) in [6.07, 6.45) is 9.59. The van der Waals surface area contributed by atoms with Crippen LogP contribution < -0.4 is 5.32 Å². The normalized spacial score (nSPS) is 34.6. The number of carbonyl (C=O) groups excluding carboxylic acids is 1. The van der Waals surface area contributed by atoms with Crippen LogP contribution in [0.25, 0.3) is 0 Å². The average Bonchev–Trinajstić information content (AvgIpc) is 2.74. The van der Waals surface area contributed by atoms with Crippen molar-refractivity contribution >= 4 is 6.03 Å². The summed E-state index contributed by atoms with van der Waals surface area (Å²) in [7, 11) is 2.21. The summed E-state index contributed by atoms with van der Waals surface area (Å²) >= 11 is 0. The van der Waals surface area contributed by atoms with Gasteiger partial charge in [0.1, 0.15) is 0 Å². The first kappa shape index (κ1) is 19.5. The van der Waals surface area contributed by atoms with Crippen LogP contribution in [0, 0.1) is 11.8 Å². The molecule has 1 aliphatic carbocycles. The molecule has 3 unspecified atom stereocenters. The molecule has 6 heteroatoms. The highest BCUT2D eigenvalue weighted by Crippen LogP contribution is 2.39. The number of likely N-dealkylation sites (tertiary alicyclic amines) is 2. The van der Waals surface area contributed by atoms with Crippen molar-refractivity contribution in [2.24, 2.45) is 11.8 Å². The molecular formula is C21H38N4O2. The molecule has 6 nitrogen and oxygen atoms in total. The maximum absolute atomic E-state index is 13.1. The van der Waals surface area contributed by atoms with E-state index in [0.717, 1.165) is 51.9 Å². The van der Waals surface area contributed by atoms with Gasteiger partial charge < -0.3 is 20.2 Å². The first-order valence-corrected chi connectivity index (χ1v) is 11.2. The predicted octanol–water partition coefficient (Wildman–Crippen LogP) is 1.74. The lowest BCUT2D eigenvalue weighted by Gasteiger charge is -2.51. The Morgan fingerprint density at radius 1 is 1.11 bits per heavy atom. The summed E-state index contributed by atoms with van der Waals surface area (Å²) in [5, 5.41) is 13.1. The van der Waals surface area contributed by atoms with E-state index in [1.807, 2.05) is 0 Å². The van der Waals surface area contributed by atoms with Crippen molar-refractivity contribution in [3.63, 3.8) is 0 Å². The third-order valence-corrected chi connectivity index (χ3v) is 7.91. The number of nitrogens with one attached hydrogen (secondary N) is 1. The summed E-state index contributed by atoms with van der Waals surface area (Å²) in [4.78, 5) is 20.2. The Labute approximate surface area is 164 Å². The standard InChI is InChI=1S/C21H38N4O2/c1-23-11-7-21(8-12-23,24-9-3-2-4-10-24)16-22-20(27)25-14-17-5-6-19(25)18(13-17)15-26/h17-19,26H,2-16H2,1H3,(H,22,27). The number of amides is 2. The molecule has 4 aliphatic heterocycles. The van der Waals surface area contributed by atoms with Gasteiger partial charge in [0.05, 0.1) is 0 Å². The quantitative estimate of drug-likeness (QED) is 0.782. The van der Waals surface area contributed by atoms with Crippen LogP contribution in [0.2, 0.25) is 0 Å². The van der Waals surface area contributed by atoms with Crippen LogP contribution in [-0.2, 0) is 0 Å². The molecule has 0 aromatic carbocycles. The van der Waals surface area contributed by atoms with Crippen LogP contribution in [0.4, 0.5) is 4.79 Å². The number of nitrogens with zero attached hydrogens (tertiary/aromatic N) is 3. The van der Waals surface area contributed by atoms with E-state index in [0.29, 0.717) is 5.92 Å². The average molecular weight is 379 g/mol. The Morgan fingerprint density at radius 2 is 1.85 bits per heavy atom. The second kappa shape index (κ2) is 8.26. The van der Waals surface area contributed by atoms with Crippen molar-refractivity contribution < 1.29 is 9.90 Å². The summed E-state index contributed by atoms with van der Waals surface area (Å²) in [6, 6.07) is 0.349. The fourth-order valence-corrected chi connectivity index (χ4v) is 6.11. The number of urea groups is 1. The van der Waals surface area contributed by atoms with E-state index < -0.39 is 0 Å². The van der Waals surface area contributed by atoms with Gasteiger partial charge in [-0.2, -0.15) is 0 Å². The zero-order valence-corrected chi connectivity index (χ0v) is 17.0. The number of fused-ring (bicyclic) bond motifs is 3. The second-order valence-corrected chi connectivity index (χ2v) is 9.58. The topological polar surface area (TPSA) is 59.1 Å². The lowest BCUT2D eigenvalue weighted by atomic mass is 9.73. The lowest BCUT2D eigenvalue weighted by molar-refractivity contribution is -0.00328. The van der Waals surface area contributed by atoms with Gasteiger partial charge in [-0.15, -0.1) is 0 Å². The molecule has 4 saturated heterocycles. The fourth-order valence-electron chi connectivity index (χ4n) is 6.11. The number of aliphatic hydroxyl groups is 1. The van der Waals surface area contributed by atoms with E-state index in [1.165, 1.54) is 38.8 Å². The zero-order chi connectivity index (χ0) is 18.9. The van der Waals surface area contributed by atoms with E-state index in [2.05, 4.69) is 27.1 Å². The van der Waals surface area contributed by atoms with E-state index in [4.69, 9.17) is 0 Å². The molecule has 4 heterocycles. The van der Waals surface area contributed by atoms with E-state index in [9.17, 15) is 9.90 Å². The van der Waals surface area contributed by atoms with Gasteiger partial charge in [0.15, 0.2) is 0 Å². The van der Waals surface area contributed by atoms with Crippen LogP contribution in [0.5, 0.6) is 0 Å². The Morgan fingerprint density at radius 3 is 2.52 bits per heavy atom. The molecule has 5 rings (SSSR count). The first-order chi connectivity index (χ1) is 13.1. The van der Waals surface area contributed by atoms with Gasteiger partial charge in [-0.3, -0.25) is 4.90 Å². The molecule has 2 bridgehead atoms. The van der Waals surface area contributed by atoms with Crippen LogP contribution in [0.3, 0.4) is 0 Å². The third-order valence-electron chi connectivity index (χ3n) is 7.91. The Hall–Kier alpha value is -0.850. The highest BCUT2D eigenvalue weighted by Gasteiger charge is 2.44. The van der Waals surface area contributed by atoms with E-state index >= 15 is 0 Å². The number of aliphatic hydroxyl groups excluding tert-OH is 1. The monoisotopic (exact) mass is 378 g/mol. The van der Waals surface area contributed by atoms with Crippen LogP contribution >= 0.6 is 0 Å². The molecule has 0 aromatic heterocycles. The zero-order valence-electron chi connectivity index (χ0n) is 17.0. The molecule has 2 amide bonds. The Kier molecular flexibility index (Phi) is 5.95. The largest absolute Gasteiger partial charge is 0.396 e. The maximum Gasteiger partial charge on any atom is 0.317 e. The molecule has 154 valence electrons. The highest BCUT2D eigenvalue weighted by atomic mass is 16.3. The minimum atomic E-state index is 0.109. The van der Waals surface area contributed by atoms with E-state index in [1.54, 1.807) is 0 Å². The van der Waals surface area contributed by atoms with Gasteiger partial charge in [0.25, 0.3) is 0 Å². The minimum Gasteiger partial charge on any atom is -0.396 e. The van der Waals surface area contributed by atoms with Gasteiger partial charge in [0.2, 0.25) is 0 Å². The van der Waals surface area contributed by atoms with Crippen LogP contribution in [0.15, 0.2) is 0 Å². The lowest BCUT2D eigenvalue weighted by Crippen LogP contribution is -2.64. The van der Waals surface area contributed by atoms with Crippen molar-refractivity contribution in [2.45, 2.75) is 62.9 Å². The minimum absolute atomic E-state index is 0.109. The van der Waals surface area contributed by atoms with Gasteiger partial charge in [-0.05, 0) is 84.1 Å². The number of carbonyl (C=O) groups is 1. The number of rotatable bonds is 4. The van der Waals surface area contributed by atoms with Crippen molar-refractivity contribution in [1.82, 2.24) is 20.0 Å². The molecule has 1 saturated carbocycles. The van der Waals surface area contributed by atoms with Crippen molar-refractivity contribution in [2.75, 3.05) is 52.9 Å². The number of piperidine rings is 4. The fraction of sp³-hybridized carbons (Fsp3) is 0.952. The molecule has 5 aliphatic rings. The molecule has 2 N–H and O–H groups in total. The summed E-state index contributed by atoms with van der Waals surface area (Å²) in [5.74, 6) is 0.861. The molecule has 27 heavy (non-hydrogen) atoms. The van der Waals surface area contributed by atoms with Crippen molar-refractivity contribution in [3.8, 4) is 0 Å². The smallest absolute Gasteiger partial charge is 0.317 e. The Balaban J connectivity index is 1.40. The second-order valence-electron chi connectivity index (χ2n) is 9.58. The molecule has 5 fully saturated rings. The summed E-state index contributed by atoms with van der Waals surface area (Å²) in [6.45, 7) is 6.47. The van der Waals surface area contributed by atoms with Gasteiger partial charge in [-0.25, -0.2) is 4.79 Å². The molecule has 3 atom stereocenters. The summed E-state index contributed by atoms with van der Waals surface area (Å²) in [5.41, 5.74) is 0.133. The van der Waals surface area contributed by atoms with E-state index in [-0.39, 0.29) is 30.1 Å². The molecular weight excluding hydrogens is 340 g/mol. The predicted molar refractivity (Wildman–Crippen MR) is 107 cm³/mol. The number of hydrogen-bond donors (Lipinski definition) is 2. The third kappa shape index (κ3) is 3.99. The van der Waals surface area contributed by atoms with Crippen LogP contribution in [-0.4, -0.2) is 90.3 Å². The van der Waals surface area contributed by atoms with Gasteiger partial charge >= 0.3 is 6.03 Å². The Bertz CT molecular complexity index is 514. The SMILES string of the molecule is CN1CCC(CNC(=O)N2CC3CCC2C(CO)C3)(N2CCCCC2)CC1. The summed E-state index contributed by atoms with van der Waals surface area (Å²) < 4.78 is 0. The highest BCUT2D eigenvalue weighted by molar-refractivity contribution is 5.75. The van der Waals surface area contributed by atoms with Crippen molar-refractivity contribution in [3.05, 3.63) is 0 Å². The van der Waals surface area contributed by atoms with Crippen LogP contribution in [0.1, 0.15) is 51.4 Å². The first-order valence-electron chi connectivity index (χ1n) is 11.2. The van der Waals surface area contributed by atoms with Crippen molar-refractivity contribution in [1.29, 1.82) is 0 Å². The number of hydrogen-bond acceptors (Lipinski definition) is 4. The molecule has 0 spiro atoms. The van der Waals surface area contributed by atoms with Gasteiger partial charge in [-0.1, -0.05) is 6.42 Å². The maximum atomic E-state index is 13.1. The molecule has 0 aromatic rings. The molecule has 0 radical (unpaired) electrons.